The molecule has 16 heavy (non-hydrogen) atoms. The fraction of sp³-hybridized carbons (Fsp3) is 0.538. The number of nitrogens with one attached hydrogen (secondary N) is 1. The molecular formula is C13H17ClFN. The van der Waals surface area contributed by atoms with Crippen molar-refractivity contribution in [2.24, 2.45) is 0 Å². The van der Waals surface area contributed by atoms with Crippen molar-refractivity contribution in [2.75, 3.05) is 6.54 Å². The molecule has 1 unspecified atom stereocenters. The molecular weight excluding hydrogens is 225 g/mol. The number of halogens is 2. The molecule has 1 saturated heterocycles. The van der Waals surface area contributed by atoms with Crippen molar-refractivity contribution >= 4 is 11.6 Å². The molecule has 1 aromatic carbocycles. The highest BCUT2D eigenvalue weighted by Crippen LogP contribution is 2.33. The Bertz CT molecular complexity index is 378. The first-order valence-corrected chi connectivity index (χ1v) is 6.08. The Balaban J connectivity index is 2.29. The maximum absolute atomic E-state index is 13.7. The molecule has 1 nitrogen and oxygen atoms in total. The van der Waals surface area contributed by atoms with Crippen LogP contribution in [0, 0.1) is 0 Å². The summed E-state index contributed by atoms with van der Waals surface area (Å²) in [5.74, 6) is 0. The summed E-state index contributed by atoms with van der Waals surface area (Å²) in [5, 5.41) is 4.06. The minimum absolute atomic E-state index is 0.337. The van der Waals surface area contributed by atoms with E-state index in [0.717, 1.165) is 18.5 Å². The van der Waals surface area contributed by atoms with Crippen LogP contribution < -0.4 is 5.32 Å². The minimum Gasteiger partial charge on any atom is -0.310 e. The van der Waals surface area contributed by atoms with Gasteiger partial charge in [0.25, 0.3) is 0 Å². The summed E-state index contributed by atoms with van der Waals surface area (Å²) >= 11 is 6.21. The molecule has 0 bridgehead atoms. The lowest BCUT2D eigenvalue weighted by atomic mass is 9.96. The number of hydrogen-bond donors (Lipinski definition) is 1. The first kappa shape index (κ1) is 11.9. The van der Waals surface area contributed by atoms with Gasteiger partial charge in [-0.25, -0.2) is 4.39 Å². The van der Waals surface area contributed by atoms with Crippen LogP contribution in [-0.2, 0) is 5.67 Å². The Kier molecular flexibility index (Phi) is 3.22. The molecule has 1 N–H and O–H groups in total. The van der Waals surface area contributed by atoms with Gasteiger partial charge in [0.05, 0.1) is 0 Å². The topological polar surface area (TPSA) is 12.0 Å². The van der Waals surface area contributed by atoms with Crippen LogP contribution in [0.1, 0.15) is 43.9 Å². The molecule has 1 aliphatic heterocycles. The van der Waals surface area contributed by atoms with Crippen molar-refractivity contribution < 1.29 is 4.39 Å². The first-order valence-electron chi connectivity index (χ1n) is 5.71. The van der Waals surface area contributed by atoms with Crippen LogP contribution in [-0.4, -0.2) is 6.54 Å². The predicted molar refractivity (Wildman–Crippen MR) is 65.6 cm³/mol. The van der Waals surface area contributed by atoms with Crippen molar-refractivity contribution in [1.82, 2.24) is 5.32 Å². The van der Waals surface area contributed by atoms with Gasteiger partial charge in [0, 0.05) is 11.1 Å². The van der Waals surface area contributed by atoms with Gasteiger partial charge in [-0.3, -0.25) is 0 Å². The summed E-state index contributed by atoms with van der Waals surface area (Å²) in [6.45, 7) is 4.13. The van der Waals surface area contributed by atoms with E-state index in [1.807, 2.05) is 12.1 Å². The van der Waals surface area contributed by atoms with E-state index in [1.54, 1.807) is 19.9 Å². The van der Waals surface area contributed by atoms with Crippen molar-refractivity contribution in [3.8, 4) is 0 Å². The Morgan fingerprint density at radius 1 is 1.44 bits per heavy atom. The third-order valence-electron chi connectivity index (χ3n) is 3.12. The molecule has 88 valence electrons. The smallest absolute Gasteiger partial charge is 0.130 e. The molecule has 0 amide bonds. The van der Waals surface area contributed by atoms with Gasteiger partial charge in [-0.05, 0) is 50.4 Å². The first-order chi connectivity index (χ1) is 7.48. The van der Waals surface area contributed by atoms with Crippen molar-refractivity contribution in [1.29, 1.82) is 0 Å². The highest BCUT2D eigenvalue weighted by atomic mass is 35.5. The normalized spacial score (nSPS) is 21.4. The number of benzene rings is 1. The average Bonchev–Trinajstić information content (AvgIpc) is 2.69. The molecule has 1 aromatic rings. The highest BCUT2D eigenvalue weighted by Gasteiger charge is 2.23. The van der Waals surface area contributed by atoms with E-state index in [4.69, 9.17) is 11.6 Å². The lowest BCUT2D eigenvalue weighted by Gasteiger charge is -2.18. The van der Waals surface area contributed by atoms with Crippen LogP contribution in [0.5, 0.6) is 0 Å². The fourth-order valence-corrected chi connectivity index (χ4v) is 2.44. The van der Waals surface area contributed by atoms with Crippen LogP contribution in [0.3, 0.4) is 0 Å². The summed E-state index contributed by atoms with van der Waals surface area (Å²) < 4.78 is 13.7. The van der Waals surface area contributed by atoms with Crippen molar-refractivity contribution in [2.45, 2.75) is 38.4 Å². The maximum Gasteiger partial charge on any atom is 0.130 e. The lowest BCUT2D eigenvalue weighted by Crippen LogP contribution is -2.14. The Hall–Kier alpha value is -0.600. The van der Waals surface area contributed by atoms with Crippen LogP contribution in [0.2, 0.25) is 5.02 Å². The zero-order valence-corrected chi connectivity index (χ0v) is 10.4. The molecule has 2 rings (SSSR count). The molecule has 0 radical (unpaired) electrons. The van der Waals surface area contributed by atoms with E-state index in [0.29, 0.717) is 16.6 Å². The van der Waals surface area contributed by atoms with Gasteiger partial charge in [-0.2, -0.15) is 0 Å². The van der Waals surface area contributed by atoms with Crippen molar-refractivity contribution in [3.63, 3.8) is 0 Å². The zero-order chi connectivity index (χ0) is 11.8. The van der Waals surface area contributed by atoms with E-state index in [1.165, 1.54) is 6.42 Å². The lowest BCUT2D eigenvalue weighted by molar-refractivity contribution is 0.221. The van der Waals surface area contributed by atoms with Crippen LogP contribution >= 0.6 is 11.6 Å². The van der Waals surface area contributed by atoms with E-state index in [2.05, 4.69) is 5.32 Å². The largest absolute Gasteiger partial charge is 0.310 e. The molecule has 0 aromatic heterocycles. The Morgan fingerprint density at radius 2 is 2.19 bits per heavy atom. The molecule has 1 heterocycles. The van der Waals surface area contributed by atoms with Crippen LogP contribution in [0.15, 0.2) is 18.2 Å². The number of hydrogen-bond acceptors (Lipinski definition) is 1. The van der Waals surface area contributed by atoms with E-state index >= 15 is 0 Å². The van der Waals surface area contributed by atoms with Gasteiger partial charge in [0.2, 0.25) is 0 Å². The molecule has 1 atom stereocenters. The standard InChI is InChI=1S/C13H17ClFN/c1-13(2,15)9-5-6-10(11(14)8-9)12-4-3-7-16-12/h5-6,8,12,16H,3-4,7H2,1-2H3. The van der Waals surface area contributed by atoms with Crippen LogP contribution in [0.4, 0.5) is 4.39 Å². The van der Waals surface area contributed by atoms with Crippen molar-refractivity contribution in [3.05, 3.63) is 34.3 Å². The van der Waals surface area contributed by atoms with Gasteiger partial charge in [-0.15, -0.1) is 0 Å². The fourth-order valence-electron chi connectivity index (χ4n) is 2.13. The van der Waals surface area contributed by atoms with E-state index in [9.17, 15) is 4.39 Å². The number of rotatable bonds is 2. The van der Waals surface area contributed by atoms with Crippen LogP contribution in [0.25, 0.3) is 0 Å². The second-order valence-corrected chi connectivity index (χ2v) is 5.26. The second kappa shape index (κ2) is 4.34. The Labute approximate surface area is 101 Å². The molecule has 1 fully saturated rings. The number of alkyl halides is 1. The summed E-state index contributed by atoms with van der Waals surface area (Å²) in [4.78, 5) is 0. The summed E-state index contributed by atoms with van der Waals surface area (Å²) in [6, 6.07) is 5.87. The monoisotopic (exact) mass is 241 g/mol. The third-order valence-corrected chi connectivity index (χ3v) is 3.45. The maximum atomic E-state index is 13.7. The molecule has 1 aliphatic rings. The predicted octanol–water partition coefficient (Wildman–Crippen LogP) is 3.97. The molecule has 0 spiro atoms. The van der Waals surface area contributed by atoms with Gasteiger partial charge in [-0.1, -0.05) is 23.7 Å². The van der Waals surface area contributed by atoms with E-state index in [-0.39, 0.29) is 0 Å². The molecule has 0 aliphatic carbocycles. The summed E-state index contributed by atoms with van der Waals surface area (Å²) in [7, 11) is 0. The van der Waals surface area contributed by atoms with Gasteiger partial charge >= 0.3 is 0 Å². The van der Waals surface area contributed by atoms with Gasteiger partial charge in [0.1, 0.15) is 5.67 Å². The highest BCUT2D eigenvalue weighted by molar-refractivity contribution is 6.31. The van der Waals surface area contributed by atoms with Gasteiger partial charge < -0.3 is 5.32 Å². The third kappa shape index (κ3) is 2.38. The SMILES string of the molecule is CC(C)(F)c1ccc(C2CCCN2)c(Cl)c1. The molecule has 0 saturated carbocycles. The van der Waals surface area contributed by atoms with Gasteiger partial charge in [0.15, 0.2) is 0 Å². The average molecular weight is 242 g/mol. The summed E-state index contributed by atoms with van der Waals surface area (Å²) in [5.41, 5.74) is 0.400. The Morgan fingerprint density at radius 3 is 2.69 bits per heavy atom. The summed E-state index contributed by atoms with van der Waals surface area (Å²) in [6.07, 6.45) is 2.29. The quantitative estimate of drug-likeness (QED) is 0.826. The molecule has 3 heteroatoms. The second-order valence-electron chi connectivity index (χ2n) is 4.86. The zero-order valence-electron chi connectivity index (χ0n) is 9.69. The minimum atomic E-state index is -1.33. The van der Waals surface area contributed by atoms with E-state index < -0.39 is 5.67 Å².